The Hall–Kier alpha value is -0.0400. The number of thiol groups is 1. The number of amides is 4. The van der Waals surface area contributed by atoms with Gasteiger partial charge in [0, 0.05) is 40.8 Å². The third-order valence-electron chi connectivity index (χ3n) is 1.45. The van der Waals surface area contributed by atoms with Gasteiger partial charge in [0.05, 0.1) is 0 Å². The molecule has 1 N–H and O–H groups in total. The standard InChI is InChI=1S/C7H10N2O3S.Na/c1-7(2,13)3-9-5(11)4(10)8-6(9)12;/h13H,3H2,1-2H3,(H,8,10,12);. The first kappa shape index (κ1) is 14.0. The SMILES string of the molecule is CC(C)(S)CN1C(=O)NC(=O)C1=O.[Na]. The second-order valence-corrected chi connectivity index (χ2v) is 4.67. The maximum absolute atomic E-state index is 11.1. The molecule has 1 fully saturated rings. The normalized spacial score (nSPS) is 16.8. The second kappa shape index (κ2) is 4.65. The van der Waals surface area contributed by atoms with Gasteiger partial charge in [0.25, 0.3) is 0 Å². The number of nitrogens with one attached hydrogen (secondary N) is 1. The van der Waals surface area contributed by atoms with Gasteiger partial charge in [0.1, 0.15) is 0 Å². The topological polar surface area (TPSA) is 66.5 Å². The van der Waals surface area contributed by atoms with Gasteiger partial charge in [-0.25, -0.2) is 4.79 Å². The van der Waals surface area contributed by atoms with E-state index in [9.17, 15) is 14.4 Å². The summed E-state index contributed by atoms with van der Waals surface area (Å²) >= 11 is 4.16. The molecule has 0 saturated carbocycles. The number of urea groups is 1. The van der Waals surface area contributed by atoms with Gasteiger partial charge in [-0.1, -0.05) is 0 Å². The van der Waals surface area contributed by atoms with E-state index in [0.29, 0.717) is 0 Å². The molecule has 0 aromatic carbocycles. The van der Waals surface area contributed by atoms with Crippen molar-refractivity contribution in [3.05, 3.63) is 0 Å². The fourth-order valence-electron chi connectivity index (χ4n) is 0.963. The van der Waals surface area contributed by atoms with Crippen LogP contribution in [-0.2, 0) is 9.59 Å². The Kier molecular flexibility index (Phi) is 4.64. The first-order chi connectivity index (χ1) is 5.81. The molecule has 0 bridgehead atoms. The number of imide groups is 2. The molecule has 0 aromatic rings. The van der Waals surface area contributed by atoms with Crippen molar-refractivity contribution in [1.82, 2.24) is 10.2 Å². The molecule has 73 valence electrons. The van der Waals surface area contributed by atoms with E-state index in [1.165, 1.54) is 0 Å². The van der Waals surface area contributed by atoms with Gasteiger partial charge < -0.3 is 0 Å². The first-order valence-corrected chi connectivity index (χ1v) is 4.15. The van der Waals surface area contributed by atoms with Gasteiger partial charge in [-0.2, -0.15) is 12.6 Å². The quantitative estimate of drug-likeness (QED) is 0.285. The molecule has 0 spiro atoms. The van der Waals surface area contributed by atoms with Crippen molar-refractivity contribution in [3.8, 4) is 0 Å². The molecule has 1 aliphatic rings. The van der Waals surface area contributed by atoms with E-state index in [4.69, 9.17) is 0 Å². The van der Waals surface area contributed by atoms with E-state index < -0.39 is 22.6 Å². The van der Waals surface area contributed by atoms with E-state index in [1.54, 1.807) is 13.8 Å². The minimum atomic E-state index is -0.873. The minimum Gasteiger partial charge on any atom is -0.269 e. The van der Waals surface area contributed by atoms with Crippen molar-refractivity contribution >= 4 is 60.0 Å². The van der Waals surface area contributed by atoms with E-state index in [1.807, 2.05) is 5.32 Å². The molecule has 7 heteroatoms. The smallest absolute Gasteiger partial charge is 0.269 e. The third kappa shape index (κ3) is 3.27. The van der Waals surface area contributed by atoms with Gasteiger partial charge in [0.15, 0.2) is 0 Å². The molecule has 0 aromatic heterocycles. The van der Waals surface area contributed by atoms with Crippen molar-refractivity contribution in [2.45, 2.75) is 18.6 Å². The maximum atomic E-state index is 11.1. The van der Waals surface area contributed by atoms with Crippen LogP contribution in [0.4, 0.5) is 4.79 Å². The number of hydrogen-bond acceptors (Lipinski definition) is 4. The maximum Gasteiger partial charge on any atom is 0.331 e. The zero-order valence-corrected chi connectivity index (χ0v) is 11.2. The van der Waals surface area contributed by atoms with Crippen LogP contribution >= 0.6 is 12.6 Å². The average molecular weight is 225 g/mol. The zero-order valence-electron chi connectivity index (χ0n) is 8.33. The predicted molar refractivity (Wildman–Crippen MR) is 54.1 cm³/mol. The van der Waals surface area contributed by atoms with E-state index in [2.05, 4.69) is 12.6 Å². The van der Waals surface area contributed by atoms with Crippen LogP contribution in [0.2, 0.25) is 0 Å². The van der Waals surface area contributed by atoms with Crippen LogP contribution < -0.4 is 5.32 Å². The Balaban J connectivity index is 0.00000169. The Labute approximate surface area is 109 Å². The van der Waals surface area contributed by atoms with E-state index in [0.717, 1.165) is 4.90 Å². The summed E-state index contributed by atoms with van der Waals surface area (Å²) in [5.41, 5.74) is 0. The molecular formula is C7H10N2NaO3S. The van der Waals surface area contributed by atoms with Gasteiger partial charge in [-0.3, -0.25) is 19.8 Å². The summed E-state index contributed by atoms with van der Waals surface area (Å²) in [4.78, 5) is 33.7. The zero-order chi connectivity index (χ0) is 10.2. The summed E-state index contributed by atoms with van der Waals surface area (Å²) in [7, 11) is 0. The number of nitrogens with zero attached hydrogens (tertiary/aromatic N) is 1. The van der Waals surface area contributed by atoms with E-state index >= 15 is 0 Å². The summed E-state index contributed by atoms with van der Waals surface area (Å²) in [5, 5.41) is 1.90. The van der Waals surface area contributed by atoms with Crippen LogP contribution in [0.15, 0.2) is 0 Å². The van der Waals surface area contributed by atoms with Crippen molar-refractivity contribution < 1.29 is 14.4 Å². The molecule has 1 saturated heterocycles. The summed E-state index contributed by atoms with van der Waals surface area (Å²) in [5.74, 6) is -1.69. The van der Waals surface area contributed by atoms with Crippen molar-refractivity contribution in [3.63, 3.8) is 0 Å². The Morgan fingerprint density at radius 1 is 1.36 bits per heavy atom. The third-order valence-corrected chi connectivity index (χ3v) is 1.59. The largest absolute Gasteiger partial charge is 0.331 e. The Morgan fingerprint density at radius 3 is 2.14 bits per heavy atom. The predicted octanol–water partition coefficient (Wildman–Crippen LogP) is -0.608. The monoisotopic (exact) mass is 225 g/mol. The van der Waals surface area contributed by atoms with Crippen LogP contribution in [0.1, 0.15) is 13.8 Å². The second-order valence-electron chi connectivity index (χ2n) is 3.46. The van der Waals surface area contributed by atoms with Crippen LogP contribution in [0, 0.1) is 0 Å². The van der Waals surface area contributed by atoms with Crippen LogP contribution in [-0.4, -0.2) is 63.6 Å². The van der Waals surface area contributed by atoms with Crippen molar-refractivity contribution in [1.29, 1.82) is 0 Å². The summed E-state index contributed by atoms with van der Waals surface area (Å²) in [6.45, 7) is 3.62. The Bertz CT molecular complexity index is 287. The number of hydrogen-bond donors (Lipinski definition) is 2. The van der Waals surface area contributed by atoms with Crippen molar-refractivity contribution in [2.24, 2.45) is 0 Å². The molecule has 0 atom stereocenters. The molecule has 14 heavy (non-hydrogen) atoms. The molecule has 0 aliphatic carbocycles. The minimum absolute atomic E-state index is 0. The van der Waals surface area contributed by atoms with Crippen LogP contribution in [0.5, 0.6) is 0 Å². The molecule has 1 rings (SSSR count). The molecule has 1 radical (unpaired) electrons. The molecule has 0 unspecified atom stereocenters. The molecule has 1 aliphatic heterocycles. The number of carbonyl (C=O) groups is 3. The summed E-state index contributed by atoms with van der Waals surface area (Å²) in [6, 6.07) is -0.669. The molecular weight excluding hydrogens is 215 g/mol. The fraction of sp³-hybridized carbons (Fsp3) is 0.571. The van der Waals surface area contributed by atoms with Gasteiger partial charge >= 0.3 is 17.8 Å². The molecule has 1 heterocycles. The van der Waals surface area contributed by atoms with Crippen molar-refractivity contribution in [2.75, 3.05) is 6.54 Å². The fourth-order valence-corrected chi connectivity index (χ4v) is 1.10. The Morgan fingerprint density at radius 2 is 1.86 bits per heavy atom. The van der Waals surface area contributed by atoms with Crippen LogP contribution in [0.25, 0.3) is 0 Å². The van der Waals surface area contributed by atoms with E-state index in [-0.39, 0.29) is 36.1 Å². The first-order valence-electron chi connectivity index (χ1n) is 3.70. The van der Waals surface area contributed by atoms with Gasteiger partial charge in [-0.15, -0.1) is 0 Å². The summed E-state index contributed by atoms with van der Waals surface area (Å²) < 4.78 is -0.502. The molecule has 5 nitrogen and oxygen atoms in total. The van der Waals surface area contributed by atoms with Gasteiger partial charge in [-0.05, 0) is 13.8 Å². The summed E-state index contributed by atoms with van der Waals surface area (Å²) in [6.07, 6.45) is 0. The van der Waals surface area contributed by atoms with Gasteiger partial charge in [0.2, 0.25) is 0 Å². The number of carbonyl (C=O) groups excluding carboxylic acids is 3. The number of rotatable bonds is 2. The average Bonchev–Trinajstić information content (AvgIpc) is 2.14. The molecule has 4 amide bonds. The van der Waals surface area contributed by atoms with Crippen LogP contribution in [0.3, 0.4) is 0 Å².